The van der Waals surface area contributed by atoms with Crippen molar-refractivity contribution >= 4 is 67.6 Å². The molecule has 0 spiro atoms. The molecule has 2 atom stereocenters. The first kappa shape index (κ1) is 27.6. The molecule has 0 radical (unpaired) electrons. The summed E-state index contributed by atoms with van der Waals surface area (Å²) in [7, 11) is 4.09. The summed E-state index contributed by atoms with van der Waals surface area (Å²) in [6, 6.07) is 0. The van der Waals surface area contributed by atoms with E-state index >= 15 is 0 Å². The molecule has 20 heavy (non-hydrogen) atoms. The molecule has 4 nitrogen and oxygen atoms in total. The van der Waals surface area contributed by atoms with Crippen molar-refractivity contribution in [3.05, 3.63) is 0 Å². The summed E-state index contributed by atoms with van der Waals surface area (Å²) >= 11 is 13.2. The van der Waals surface area contributed by atoms with E-state index in [0.29, 0.717) is 13.2 Å². The zero-order chi connectivity index (χ0) is 16.7. The van der Waals surface area contributed by atoms with Crippen LogP contribution in [0.1, 0.15) is 27.7 Å². The molecule has 0 heterocycles. The van der Waals surface area contributed by atoms with E-state index in [2.05, 4.69) is 33.4 Å². The zero-order valence-corrected chi connectivity index (χ0v) is 19.7. The average Bonchev–Trinajstić information content (AvgIpc) is 2.31. The Morgan fingerprint density at radius 2 is 1.10 bits per heavy atom. The third-order valence-corrected chi connectivity index (χ3v) is 10.1. The van der Waals surface area contributed by atoms with Gasteiger partial charge in [0.15, 0.2) is 0 Å². The Morgan fingerprint density at radius 3 is 1.25 bits per heavy atom. The Balaban J connectivity index is -0.000000257. The van der Waals surface area contributed by atoms with E-state index in [4.69, 9.17) is 9.05 Å². The molecule has 12 heteroatoms. The van der Waals surface area contributed by atoms with Gasteiger partial charge in [-0.3, -0.25) is 0 Å². The van der Waals surface area contributed by atoms with Crippen molar-refractivity contribution in [2.75, 3.05) is 24.7 Å². The van der Waals surface area contributed by atoms with Crippen LogP contribution in [0.2, 0.25) is 0 Å². The SMILES string of the molecule is CCOP([O-])(=S)SCC.CCOP([O-])(=S)SCC.[S]=[Mo+2]. The van der Waals surface area contributed by atoms with Crippen LogP contribution in [0.15, 0.2) is 0 Å². The Hall–Kier alpha value is 2.75. The molecule has 0 fully saturated rings. The summed E-state index contributed by atoms with van der Waals surface area (Å²) < 4.78 is 9.61. The molecule has 0 saturated carbocycles. The van der Waals surface area contributed by atoms with Gasteiger partial charge in [-0.1, -0.05) is 37.5 Å². The van der Waals surface area contributed by atoms with Gasteiger partial charge in [0.05, 0.1) is 0 Å². The summed E-state index contributed by atoms with van der Waals surface area (Å²) in [5.41, 5.74) is -5.39. The van der Waals surface area contributed by atoms with Gasteiger partial charge in [-0.2, -0.15) is 0 Å². The van der Waals surface area contributed by atoms with Gasteiger partial charge in [-0.25, -0.2) is 0 Å². The summed E-state index contributed by atoms with van der Waals surface area (Å²) in [5, 5.41) is 0. The second-order valence-electron chi connectivity index (χ2n) is 2.57. The number of rotatable bonds is 8. The van der Waals surface area contributed by atoms with Crippen LogP contribution in [0.25, 0.3) is 0 Å². The van der Waals surface area contributed by atoms with Crippen LogP contribution in [0.4, 0.5) is 0 Å². The predicted octanol–water partition coefficient (Wildman–Crippen LogP) is 3.37. The van der Waals surface area contributed by atoms with Crippen molar-refractivity contribution in [2.24, 2.45) is 0 Å². The fraction of sp³-hybridized carbons (Fsp3) is 1.00. The molecule has 122 valence electrons. The van der Waals surface area contributed by atoms with E-state index in [1.165, 1.54) is 40.8 Å². The van der Waals surface area contributed by atoms with Crippen LogP contribution in [-0.4, -0.2) is 24.7 Å². The van der Waals surface area contributed by atoms with E-state index in [1.807, 2.05) is 13.8 Å². The van der Waals surface area contributed by atoms with Crippen LogP contribution in [0, 0.1) is 0 Å². The Labute approximate surface area is 155 Å². The van der Waals surface area contributed by atoms with Crippen LogP contribution < -0.4 is 9.79 Å². The maximum absolute atomic E-state index is 11.0. The summed E-state index contributed by atoms with van der Waals surface area (Å²) in [5.74, 6) is 1.50. The van der Waals surface area contributed by atoms with Gasteiger partial charge >= 0.3 is 27.8 Å². The third kappa shape index (κ3) is 23.0. The van der Waals surface area contributed by atoms with Gasteiger partial charge in [0.2, 0.25) is 0 Å². The molecule has 0 N–H and O–H groups in total. The molecule has 0 aromatic carbocycles. The van der Waals surface area contributed by atoms with E-state index in [9.17, 15) is 9.79 Å². The minimum absolute atomic E-state index is 0.438. The second-order valence-corrected chi connectivity index (χ2v) is 15.2. The molecule has 0 aliphatic rings. The van der Waals surface area contributed by atoms with Crippen molar-refractivity contribution in [3.8, 4) is 0 Å². The van der Waals surface area contributed by atoms with Gasteiger partial charge in [0.1, 0.15) is 0 Å². The van der Waals surface area contributed by atoms with Crippen molar-refractivity contribution < 1.29 is 36.8 Å². The Morgan fingerprint density at radius 1 is 0.850 bits per heavy atom. The van der Waals surface area contributed by atoms with E-state index in [0.717, 1.165) is 11.5 Å². The van der Waals surface area contributed by atoms with E-state index < -0.39 is 11.4 Å². The fourth-order valence-corrected chi connectivity index (χ4v) is 7.63. The number of hydrogen-bond acceptors (Lipinski definition) is 9. The normalized spacial score (nSPS) is 15.7. The standard InChI is InChI=1S/2C4H11O2PS2.Mo.S/c2*1-3-6-7(5,8)9-4-2;;/h2*3-4H2,1-2H3,(H,5,8);;/q;;+2;/p-2. The van der Waals surface area contributed by atoms with Gasteiger partial charge in [0, 0.05) is 24.6 Å². The minimum atomic E-state index is -2.69. The molecule has 0 aromatic heterocycles. The molecule has 0 bridgehead atoms. The summed E-state index contributed by atoms with van der Waals surface area (Å²) in [6.45, 7) is 8.26. The van der Waals surface area contributed by atoms with Gasteiger partial charge < -0.3 is 18.8 Å². The molecular formula is C8H20MoO4P2S5. The monoisotopic (exact) mass is 500 g/mol. The van der Waals surface area contributed by atoms with Crippen LogP contribution in [-0.2, 0) is 50.7 Å². The molecule has 0 saturated heterocycles. The maximum atomic E-state index is 11.0. The van der Waals surface area contributed by atoms with Crippen molar-refractivity contribution in [1.29, 1.82) is 0 Å². The van der Waals surface area contributed by atoms with Crippen LogP contribution >= 0.6 is 44.0 Å². The van der Waals surface area contributed by atoms with E-state index in [1.54, 1.807) is 13.8 Å². The third-order valence-electron chi connectivity index (χ3n) is 1.15. The van der Waals surface area contributed by atoms with Gasteiger partial charge in [-0.15, -0.1) is 22.8 Å². The predicted molar refractivity (Wildman–Crippen MR) is 95.7 cm³/mol. The molecular weight excluding hydrogens is 478 g/mol. The molecule has 0 rings (SSSR count). The van der Waals surface area contributed by atoms with Gasteiger partial charge in [0.25, 0.3) is 0 Å². The van der Waals surface area contributed by atoms with Crippen LogP contribution in [0.3, 0.4) is 0 Å². The molecule has 0 aromatic rings. The van der Waals surface area contributed by atoms with Crippen molar-refractivity contribution in [1.82, 2.24) is 0 Å². The first-order valence-corrected chi connectivity index (χ1v) is 16.9. The first-order valence-electron chi connectivity index (χ1n) is 5.61. The van der Waals surface area contributed by atoms with E-state index in [-0.39, 0.29) is 0 Å². The van der Waals surface area contributed by atoms with Crippen molar-refractivity contribution in [2.45, 2.75) is 27.7 Å². The quantitative estimate of drug-likeness (QED) is 0.370. The molecule has 0 aliphatic heterocycles. The Bertz CT molecular complexity index is 263. The molecule has 2 unspecified atom stereocenters. The Kier molecular flexibility index (Phi) is 25.0. The molecule has 0 amide bonds. The van der Waals surface area contributed by atoms with Gasteiger partial charge in [-0.05, 0) is 25.4 Å². The summed E-state index contributed by atoms with van der Waals surface area (Å²) in [4.78, 5) is 21.9. The number of hydrogen-bond donors (Lipinski definition) is 0. The second kappa shape index (κ2) is 18.1. The zero-order valence-electron chi connectivity index (χ0n) is 11.8. The first-order chi connectivity index (χ1) is 9.24. The van der Waals surface area contributed by atoms with Crippen LogP contribution in [0.5, 0.6) is 0 Å². The molecule has 0 aliphatic carbocycles. The fourth-order valence-electron chi connectivity index (χ4n) is 0.707. The van der Waals surface area contributed by atoms with Crippen molar-refractivity contribution in [3.63, 3.8) is 0 Å². The topological polar surface area (TPSA) is 64.6 Å². The summed E-state index contributed by atoms with van der Waals surface area (Å²) in [6.07, 6.45) is 0. The average molecular weight is 498 g/mol.